The van der Waals surface area contributed by atoms with E-state index >= 15 is 0 Å². The van der Waals surface area contributed by atoms with Crippen LogP contribution < -0.4 is 9.64 Å². The molecule has 1 aromatic carbocycles. The topological polar surface area (TPSA) is 60.5 Å². The van der Waals surface area contributed by atoms with Gasteiger partial charge in [-0.3, -0.25) is 4.68 Å². The van der Waals surface area contributed by atoms with Gasteiger partial charge in [-0.25, -0.2) is 9.50 Å². The highest BCUT2D eigenvalue weighted by Gasteiger charge is 2.40. The summed E-state index contributed by atoms with van der Waals surface area (Å²) in [4.78, 5) is 7.57. The van der Waals surface area contributed by atoms with E-state index in [0.717, 1.165) is 59.2 Å². The zero-order valence-corrected chi connectivity index (χ0v) is 19.8. The maximum absolute atomic E-state index is 5.45. The second kappa shape index (κ2) is 7.33. The molecule has 0 bridgehead atoms. The quantitative estimate of drug-likeness (QED) is 0.477. The molecule has 7 heteroatoms. The molecular formula is C26H30N6O. The number of piperidine rings is 1. The standard InChI is InChI=1S/C26H30N6O/c1-17-24(22-16-28-30(3)18(22)2)32-23(7-10-27-32)25(29-17)31-11-8-26(9-12-31)14-19-5-6-21(33-4)13-20(19)15-26/h5-7,10,13,16H,8-9,11-12,14-15H2,1-4H3. The number of methoxy groups -OCH3 is 1. The monoisotopic (exact) mass is 442 g/mol. The molecule has 1 fully saturated rings. The van der Waals surface area contributed by atoms with Crippen molar-refractivity contribution in [1.29, 1.82) is 0 Å². The maximum Gasteiger partial charge on any atom is 0.155 e. The van der Waals surface area contributed by atoms with Gasteiger partial charge < -0.3 is 9.64 Å². The first kappa shape index (κ1) is 20.3. The van der Waals surface area contributed by atoms with E-state index in [0.29, 0.717) is 5.41 Å². The predicted octanol–water partition coefficient (Wildman–Crippen LogP) is 4.14. The highest BCUT2D eigenvalue weighted by molar-refractivity contribution is 5.76. The van der Waals surface area contributed by atoms with Crippen LogP contribution in [-0.2, 0) is 19.9 Å². The number of aryl methyl sites for hydroxylation is 2. The summed E-state index contributed by atoms with van der Waals surface area (Å²) in [6, 6.07) is 8.67. The lowest BCUT2D eigenvalue weighted by molar-refractivity contribution is 0.232. The van der Waals surface area contributed by atoms with Gasteiger partial charge >= 0.3 is 0 Å². The van der Waals surface area contributed by atoms with Gasteiger partial charge in [-0.2, -0.15) is 10.2 Å². The Bertz CT molecular complexity index is 1360. The highest BCUT2D eigenvalue weighted by atomic mass is 16.5. The minimum Gasteiger partial charge on any atom is -0.497 e. The van der Waals surface area contributed by atoms with Gasteiger partial charge in [0.2, 0.25) is 0 Å². The SMILES string of the molecule is COc1ccc2c(c1)CC1(CCN(c3nc(C)c(-c4cnn(C)c4C)n4nccc34)CC1)C2. The molecule has 2 aliphatic rings. The fraction of sp³-hybridized carbons (Fsp3) is 0.423. The first-order valence-corrected chi connectivity index (χ1v) is 11.7. The lowest BCUT2D eigenvalue weighted by Gasteiger charge is -2.40. The van der Waals surface area contributed by atoms with Gasteiger partial charge in [-0.15, -0.1) is 0 Å². The second-order valence-corrected chi connectivity index (χ2v) is 9.74. The maximum atomic E-state index is 5.45. The molecule has 4 heterocycles. The number of anilines is 1. The van der Waals surface area contributed by atoms with Crippen LogP contribution in [0.5, 0.6) is 5.75 Å². The van der Waals surface area contributed by atoms with Crippen molar-refractivity contribution in [2.24, 2.45) is 12.5 Å². The average Bonchev–Trinajstić information content (AvgIpc) is 3.52. The lowest BCUT2D eigenvalue weighted by Crippen LogP contribution is -2.41. The number of fused-ring (bicyclic) bond motifs is 2. The average molecular weight is 443 g/mol. The fourth-order valence-electron chi connectivity index (χ4n) is 5.83. The number of aromatic nitrogens is 5. The van der Waals surface area contributed by atoms with E-state index in [1.165, 1.54) is 30.4 Å². The van der Waals surface area contributed by atoms with Crippen LogP contribution in [0, 0.1) is 19.3 Å². The van der Waals surface area contributed by atoms with E-state index in [-0.39, 0.29) is 0 Å². The van der Waals surface area contributed by atoms with Gasteiger partial charge in [0, 0.05) is 31.4 Å². The van der Waals surface area contributed by atoms with Crippen LogP contribution in [-0.4, -0.2) is 44.6 Å². The van der Waals surface area contributed by atoms with Gasteiger partial charge in [0.15, 0.2) is 5.82 Å². The van der Waals surface area contributed by atoms with Crippen LogP contribution in [0.3, 0.4) is 0 Å². The van der Waals surface area contributed by atoms with E-state index < -0.39 is 0 Å². The first-order chi connectivity index (χ1) is 16.0. The van der Waals surface area contributed by atoms with Crippen molar-refractivity contribution in [2.45, 2.75) is 39.5 Å². The van der Waals surface area contributed by atoms with E-state index in [2.05, 4.69) is 53.2 Å². The fourth-order valence-corrected chi connectivity index (χ4v) is 5.83. The number of rotatable bonds is 3. The summed E-state index contributed by atoms with van der Waals surface area (Å²) in [5, 5.41) is 9.11. The summed E-state index contributed by atoms with van der Waals surface area (Å²) in [6.07, 6.45) is 8.47. The van der Waals surface area contributed by atoms with E-state index in [1.54, 1.807) is 7.11 Å². The molecule has 1 saturated heterocycles. The number of ether oxygens (including phenoxy) is 1. The summed E-state index contributed by atoms with van der Waals surface area (Å²) in [5.74, 6) is 2.01. The van der Waals surface area contributed by atoms with E-state index in [1.807, 2.05) is 28.6 Å². The van der Waals surface area contributed by atoms with Gasteiger partial charge in [-0.1, -0.05) is 6.07 Å². The van der Waals surface area contributed by atoms with Crippen LogP contribution in [0.1, 0.15) is 35.4 Å². The van der Waals surface area contributed by atoms with Gasteiger partial charge in [0.05, 0.1) is 30.9 Å². The molecule has 0 N–H and O–H groups in total. The zero-order valence-electron chi connectivity index (χ0n) is 19.8. The number of hydrogen-bond donors (Lipinski definition) is 0. The molecule has 1 aliphatic carbocycles. The van der Waals surface area contributed by atoms with Crippen molar-refractivity contribution < 1.29 is 4.74 Å². The van der Waals surface area contributed by atoms with Gasteiger partial charge in [0.1, 0.15) is 11.3 Å². The molecule has 1 aliphatic heterocycles. The lowest BCUT2D eigenvalue weighted by atomic mass is 9.76. The highest BCUT2D eigenvalue weighted by Crippen LogP contribution is 2.46. The Morgan fingerprint density at radius 3 is 2.52 bits per heavy atom. The Morgan fingerprint density at radius 1 is 1.00 bits per heavy atom. The van der Waals surface area contributed by atoms with Gasteiger partial charge in [0.25, 0.3) is 0 Å². The number of hydrogen-bond acceptors (Lipinski definition) is 5. The van der Waals surface area contributed by atoms with Crippen molar-refractivity contribution in [3.8, 4) is 17.0 Å². The first-order valence-electron chi connectivity index (χ1n) is 11.7. The van der Waals surface area contributed by atoms with Crippen molar-refractivity contribution in [3.05, 3.63) is 59.2 Å². The largest absolute Gasteiger partial charge is 0.497 e. The molecule has 0 amide bonds. The molecule has 0 saturated carbocycles. The van der Waals surface area contributed by atoms with Crippen molar-refractivity contribution in [3.63, 3.8) is 0 Å². The Kier molecular flexibility index (Phi) is 4.50. The van der Waals surface area contributed by atoms with Crippen LogP contribution >= 0.6 is 0 Å². The molecule has 0 atom stereocenters. The third kappa shape index (κ3) is 3.13. The molecule has 4 aromatic rings. The normalized spacial score (nSPS) is 17.2. The third-order valence-corrected chi connectivity index (χ3v) is 7.86. The summed E-state index contributed by atoms with van der Waals surface area (Å²) in [6.45, 7) is 6.20. The van der Waals surface area contributed by atoms with Gasteiger partial charge in [-0.05, 0) is 74.3 Å². The van der Waals surface area contributed by atoms with Crippen LogP contribution in [0.25, 0.3) is 16.8 Å². The van der Waals surface area contributed by atoms with Crippen molar-refractivity contribution in [2.75, 3.05) is 25.1 Å². The molecule has 170 valence electrons. The Morgan fingerprint density at radius 2 is 1.79 bits per heavy atom. The smallest absolute Gasteiger partial charge is 0.155 e. The van der Waals surface area contributed by atoms with Crippen molar-refractivity contribution in [1.82, 2.24) is 24.4 Å². The van der Waals surface area contributed by atoms with Crippen LogP contribution in [0.2, 0.25) is 0 Å². The molecule has 0 unspecified atom stereocenters. The Hall–Kier alpha value is -3.35. The molecule has 33 heavy (non-hydrogen) atoms. The van der Waals surface area contributed by atoms with E-state index in [4.69, 9.17) is 9.72 Å². The predicted molar refractivity (Wildman–Crippen MR) is 129 cm³/mol. The molecule has 6 rings (SSSR count). The zero-order chi connectivity index (χ0) is 22.7. The van der Waals surface area contributed by atoms with E-state index in [9.17, 15) is 0 Å². The molecule has 1 spiro atoms. The number of benzene rings is 1. The molecular weight excluding hydrogens is 412 g/mol. The second-order valence-electron chi connectivity index (χ2n) is 9.74. The van der Waals surface area contributed by atoms with Crippen LogP contribution in [0.15, 0.2) is 36.7 Å². The summed E-state index contributed by atoms with van der Waals surface area (Å²) in [5.41, 5.74) is 8.59. The minimum atomic E-state index is 0.365. The minimum absolute atomic E-state index is 0.365. The summed E-state index contributed by atoms with van der Waals surface area (Å²) >= 11 is 0. The summed E-state index contributed by atoms with van der Waals surface area (Å²) in [7, 11) is 3.72. The Balaban J connectivity index is 1.29. The summed E-state index contributed by atoms with van der Waals surface area (Å²) < 4.78 is 9.40. The van der Waals surface area contributed by atoms with Crippen LogP contribution in [0.4, 0.5) is 5.82 Å². The Labute approximate surface area is 194 Å². The molecule has 7 nitrogen and oxygen atoms in total. The van der Waals surface area contributed by atoms with Crippen molar-refractivity contribution >= 4 is 11.3 Å². The molecule has 0 radical (unpaired) electrons. The third-order valence-electron chi connectivity index (χ3n) is 7.86. The number of nitrogens with zero attached hydrogens (tertiary/aromatic N) is 6. The molecule has 3 aromatic heterocycles.